The minimum absolute atomic E-state index is 0.0104. The zero-order chi connectivity index (χ0) is 6.91. The van der Waals surface area contributed by atoms with E-state index in [9.17, 15) is 0 Å². The average molecular weight is 127 g/mol. The molecule has 0 saturated carbocycles. The second-order valence-electron chi connectivity index (χ2n) is 2.82. The Kier molecular flexibility index (Phi) is 1.60. The fourth-order valence-electron chi connectivity index (χ4n) is 0.935. The summed E-state index contributed by atoms with van der Waals surface area (Å²) in [6.07, 6.45) is 5.22. The predicted octanol–water partition coefficient (Wildman–Crippen LogP) is 1.20. The molecule has 1 rings (SSSR count). The van der Waals surface area contributed by atoms with Crippen molar-refractivity contribution >= 4 is 0 Å². The first-order chi connectivity index (χ1) is 4.12. The van der Waals surface area contributed by atoms with Gasteiger partial charge in [0.15, 0.2) is 0 Å². The van der Waals surface area contributed by atoms with Gasteiger partial charge in [-0.05, 0) is 13.3 Å². The Morgan fingerprint density at radius 1 is 1.56 bits per heavy atom. The first-order valence-electron chi connectivity index (χ1n) is 3.16. The first kappa shape index (κ1) is 6.78. The normalized spacial score (nSPS) is 32.9. The Bertz CT molecular complexity index is 131. The molecule has 1 aliphatic rings. The minimum Gasteiger partial charge on any atom is -0.289 e. The van der Waals surface area contributed by atoms with E-state index in [1.807, 2.05) is 14.1 Å². The summed E-state index contributed by atoms with van der Waals surface area (Å²) in [5.41, 5.74) is -0.0104. The molecule has 0 fully saturated rings. The van der Waals surface area contributed by atoms with Crippen LogP contribution in [-0.4, -0.2) is 24.8 Å². The van der Waals surface area contributed by atoms with Crippen LogP contribution in [0.5, 0.6) is 0 Å². The monoisotopic (exact) mass is 127 g/mol. The zero-order valence-electron chi connectivity index (χ0n) is 6.22. The van der Waals surface area contributed by atoms with Crippen LogP contribution in [0.3, 0.4) is 0 Å². The SMILES string of the molecule is CN(C)OC1(C)C=CC1. The molecule has 1 atom stereocenters. The summed E-state index contributed by atoms with van der Waals surface area (Å²) < 4.78 is 0. The van der Waals surface area contributed by atoms with Crippen molar-refractivity contribution in [3.8, 4) is 0 Å². The van der Waals surface area contributed by atoms with Crippen LogP contribution in [0.2, 0.25) is 0 Å². The lowest BCUT2D eigenvalue weighted by Gasteiger charge is -2.33. The van der Waals surface area contributed by atoms with E-state index in [2.05, 4.69) is 19.1 Å². The third-order valence-electron chi connectivity index (χ3n) is 1.38. The average Bonchev–Trinajstić information content (AvgIpc) is 1.60. The number of hydrogen-bond donors (Lipinski definition) is 0. The molecule has 0 saturated heterocycles. The quantitative estimate of drug-likeness (QED) is 0.408. The molecule has 1 aliphatic carbocycles. The Morgan fingerprint density at radius 3 is 2.22 bits per heavy atom. The van der Waals surface area contributed by atoms with E-state index in [1.54, 1.807) is 5.06 Å². The molecule has 0 aromatic carbocycles. The maximum Gasteiger partial charge on any atom is 0.109 e. The van der Waals surface area contributed by atoms with Crippen molar-refractivity contribution in [2.75, 3.05) is 14.1 Å². The van der Waals surface area contributed by atoms with E-state index >= 15 is 0 Å². The molecule has 0 spiro atoms. The second-order valence-corrected chi connectivity index (χ2v) is 2.82. The molecule has 9 heavy (non-hydrogen) atoms. The Balaban J connectivity index is 2.35. The molecule has 2 heteroatoms. The van der Waals surface area contributed by atoms with Crippen molar-refractivity contribution in [2.45, 2.75) is 18.9 Å². The van der Waals surface area contributed by atoms with Gasteiger partial charge in [-0.25, -0.2) is 0 Å². The molecule has 2 nitrogen and oxygen atoms in total. The van der Waals surface area contributed by atoms with Crippen LogP contribution < -0.4 is 0 Å². The van der Waals surface area contributed by atoms with Gasteiger partial charge in [0.25, 0.3) is 0 Å². The third-order valence-corrected chi connectivity index (χ3v) is 1.38. The van der Waals surface area contributed by atoms with Gasteiger partial charge in [0.05, 0.1) is 0 Å². The largest absolute Gasteiger partial charge is 0.289 e. The molecular formula is C7H13NO. The molecule has 0 heterocycles. The standard InChI is InChI=1S/C7H13NO/c1-7(5-4-6-7)9-8(2)3/h4-5H,6H2,1-3H3. The molecule has 0 aromatic heterocycles. The van der Waals surface area contributed by atoms with E-state index in [4.69, 9.17) is 4.84 Å². The van der Waals surface area contributed by atoms with Gasteiger partial charge in [-0.2, -0.15) is 5.06 Å². The number of hydroxylamine groups is 2. The summed E-state index contributed by atoms with van der Waals surface area (Å²) in [4.78, 5) is 5.42. The highest BCUT2D eigenvalue weighted by atomic mass is 16.7. The highest BCUT2D eigenvalue weighted by Crippen LogP contribution is 2.26. The molecule has 0 amide bonds. The van der Waals surface area contributed by atoms with Crippen molar-refractivity contribution in [3.63, 3.8) is 0 Å². The summed E-state index contributed by atoms with van der Waals surface area (Å²) in [5, 5.41) is 1.74. The fourth-order valence-corrected chi connectivity index (χ4v) is 0.935. The Morgan fingerprint density at radius 2 is 2.11 bits per heavy atom. The van der Waals surface area contributed by atoms with Crippen LogP contribution in [0.1, 0.15) is 13.3 Å². The molecular weight excluding hydrogens is 114 g/mol. The molecule has 0 N–H and O–H groups in total. The number of rotatable bonds is 2. The fraction of sp³-hybridized carbons (Fsp3) is 0.714. The lowest BCUT2D eigenvalue weighted by atomic mass is 9.92. The van der Waals surface area contributed by atoms with Crippen LogP contribution in [-0.2, 0) is 4.84 Å². The van der Waals surface area contributed by atoms with E-state index in [0.29, 0.717) is 0 Å². The summed E-state index contributed by atoms with van der Waals surface area (Å²) in [6, 6.07) is 0. The van der Waals surface area contributed by atoms with Crippen LogP contribution in [0.4, 0.5) is 0 Å². The van der Waals surface area contributed by atoms with Crippen LogP contribution in [0.15, 0.2) is 12.2 Å². The first-order valence-corrected chi connectivity index (χ1v) is 3.16. The third kappa shape index (κ3) is 1.53. The zero-order valence-corrected chi connectivity index (χ0v) is 6.22. The maximum absolute atomic E-state index is 5.42. The van der Waals surface area contributed by atoms with Gasteiger partial charge in [0.2, 0.25) is 0 Å². The lowest BCUT2D eigenvalue weighted by molar-refractivity contribution is -0.198. The van der Waals surface area contributed by atoms with Gasteiger partial charge in [0, 0.05) is 14.1 Å². The van der Waals surface area contributed by atoms with E-state index < -0.39 is 0 Å². The van der Waals surface area contributed by atoms with Gasteiger partial charge < -0.3 is 0 Å². The van der Waals surface area contributed by atoms with Crippen molar-refractivity contribution in [1.82, 2.24) is 5.06 Å². The smallest absolute Gasteiger partial charge is 0.109 e. The summed E-state index contributed by atoms with van der Waals surface area (Å²) in [6.45, 7) is 2.08. The minimum atomic E-state index is -0.0104. The van der Waals surface area contributed by atoms with Gasteiger partial charge in [0.1, 0.15) is 5.60 Å². The maximum atomic E-state index is 5.42. The molecule has 1 unspecified atom stereocenters. The van der Waals surface area contributed by atoms with E-state index in [0.717, 1.165) is 6.42 Å². The Hall–Kier alpha value is -0.340. The molecule has 0 bridgehead atoms. The lowest BCUT2D eigenvalue weighted by Crippen LogP contribution is -2.36. The summed E-state index contributed by atoms with van der Waals surface area (Å²) in [7, 11) is 3.80. The van der Waals surface area contributed by atoms with E-state index in [1.165, 1.54) is 0 Å². The molecule has 52 valence electrons. The van der Waals surface area contributed by atoms with Crippen LogP contribution in [0, 0.1) is 0 Å². The molecule has 0 radical (unpaired) electrons. The van der Waals surface area contributed by atoms with Crippen molar-refractivity contribution in [3.05, 3.63) is 12.2 Å². The number of hydrogen-bond acceptors (Lipinski definition) is 2. The van der Waals surface area contributed by atoms with Crippen LogP contribution >= 0.6 is 0 Å². The van der Waals surface area contributed by atoms with Gasteiger partial charge in [-0.15, -0.1) is 0 Å². The van der Waals surface area contributed by atoms with E-state index in [-0.39, 0.29) is 5.60 Å². The van der Waals surface area contributed by atoms with Crippen molar-refractivity contribution in [1.29, 1.82) is 0 Å². The molecule has 0 aliphatic heterocycles. The van der Waals surface area contributed by atoms with Gasteiger partial charge >= 0.3 is 0 Å². The van der Waals surface area contributed by atoms with Crippen LogP contribution in [0.25, 0.3) is 0 Å². The van der Waals surface area contributed by atoms with Gasteiger partial charge in [-0.1, -0.05) is 12.2 Å². The molecule has 0 aromatic rings. The topological polar surface area (TPSA) is 12.5 Å². The Labute approximate surface area is 56.1 Å². The van der Waals surface area contributed by atoms with Crippen molar-refractivity contribution in [2.24, 2.45) is 0 Å². The predicted molar refractivity (Wildman–Crippen MR) is 36.9 cm³/mol. The van der Waals surface area contributed by atoms with Gasteiger partial charge in [-0.3, -0.25) is 4.84 Å². The summed E-state index contributed by atoms with van der Waals surface area (Å²) in [5.74, 6) is 0. The highest BCUT2D eigenvalue weighted by Gasteiger charge is 2.27. The van der Waals surface area contributed by atoms with Crippen molar-refractivity contribution < 1.29 is 4.84 Å². The second kappa shape index (κ2) is 2.12. The number of nitrogens with zero attached hydrogens (tertiary/aromatic N) is 1. The highest BCUT2D eigenvalue weighted by molar-refractivity contribution is 5.13. The summed E-state index contributed by atoms with van der Waals surface area (Å²) >= 11 is 0.